The van der Waals surface area contributed by atoms with Crippen LogP contribution in [0.3, 0.4) is 0 Å². The van der Waals surface area contributed by atoms with Crippen LogP contribution in [0.1, 0.15) is 73.1 Å². The van der Waals surface area contributed by atoms with Gasteiger partial charge in [-0.1, -0.05) is 53.3 Å². The van der Waals surface area contributed by atoms with E-state index in [0.717, 1.165) is 24.8 Å². The van der Waals surface area contributed by atoms with E-state index in [0.29, 0.717) is 23.9 Å². The number of nitrogens with one attached hydrogen (secondary N) is 3. The van der Waals surface area contributed by atoms with Crippen molar-refractivity contribution >= 4 is 46.3 Å². The summed E-state index contributed by atoms with van der Waals surface area (Å²) in [4.78, 5) is 47.8. The zero-order valence-corrected chi connectivity index (χ0v) is 30.1. The number of aliphatic hydroxyl groups is 1. The van der Waals surface area contributed by atoms with Gasteiger partial charge in [-0.2, -0.15) is 0 Å². The van der Waals surface area contributed by atoms with Gasteiger partial charge in [-0.25, -0.2) is 0 Å². The molecule has 0 aromatic heterocycles. The molecular formula is C34H50IN3O9. The molecular weight excluding hydrogens is 721 g/mol. The molecule has 12 nitrogen and oxygen atoms in total. The van der Waals surface area contributed by atoms with Crippen molar-refractivity contribution < 1.29 is 43.2 Å². The lowest BCUT2D eigenvalue weighted by Crippen LogP contribution is -2.55. The summed E-state index contributed by atoms with van der Waals surface area (Å²) in [6.07, 6.45) is 9.85. The SMILES string of the molecule is CC(=O)O[C@@H](C)/C=C\C(=O)N[C@@H]1C[C@H](C)[C@H](C/C=C(C)/C=C/[C@H]2O[C@H](CC(=O)NC3CC(NC(=O)CI)C3)CC3(CO3)[C@@H]2O)O[C@@H]1C. The molecule has 47 heavy (non-hydrogen) atoms. The number of alkyl halides is 1. The Hall–Kier alpha value is -2.33. The highest BCUT2D eigenvalue weighted by atomic mass is 127. The van der Waals surface area contributed by atoms with E-state index in [2.05, 4.69) is 29.0 Å². The van der Waals surface area contributed by atoms with Gasteiger partial charge in [-0.3, -0.25) is 19.2 Å². The average Bonchev–Trinajstić information content (AvgIpc) is 3.76. The second kappa shape index (κ2) is 16.9. The number of carbonyl (C=O) groups excluding carboxylic acids is 4. The first kappa shape index (κ1) is 37.5. The molecule has 3 amide bonds. The van der Waals surface area contributed by atoms with Crippen LogP contribution in [-0.4, -0.2) is 100 Å². The third-order valence-electron chi connectivity index (χ3n) is 9.33. The molecule has 1 aliphatic carbocycles. The van der Waals surface area contributed by atoms with Gasteiger partial charge in [0.2, 0.25) is 17.7 Å². The lowest BCUT2D eigenvalue weighted by Gasteiger charge is -2.39. The Balaban J connectivity index is 1.23. The number of ether oxygens (including phenoxy) is 4. The fraction of sp³-hybridized carbons (Fsp3) is 0.706. The van der Waals surface area contributed by atoms with E-state index in [-0.39, 0.29) is 66.5 Å². The highest BCUT2D eigenvalue weighted by molar-refractivity contribution is 14.1. The fourth-order valence-electron chi connectivity index (χ4n) is 6.50. The predicted molar refractivity (Wildman–Crippen MR) is 182 cm³/mol. The van der Waals surface area contributed by atoms with E-state index in [4.69, 9.17) is 18.9 Å². The van der Waals surface area contributed by atoms with Crippen molar-refractivity contribution in [3.05, 3.63) is 36.0 Å². The molecule has 0 aromatic carbocycles. The number of epoxide rings is 1. The van der Waals surface area contributed by atoms with Crippen LogP contribution in [0.25, 0.3) is 0 Å². The molecule has 3 aliphatic heterocycles. The topological polar surface area (TPSA) is 165 Å². The van der Waals surface area contributed by atoms with Crippen molar-refractivity contribution in [1.82, 2.24) is 16.0 Å². The van der Waals surface area contributed by atoms with Crippen LogP contribution in [0.4, 0.5) is 0 Å². The molecule has 4 rings (SSSR count). The minimum atomic E-state index is -0.825. The van der Waals surface area contributed by atoms with Gasteiger partial charge >= 0.3 is 5.97 Å². The Morgan fingerprint density at radius 1 is 1.02 bits per heavy atom. The summed E-state index contributed by atoms with van der Waals surface area (Å²) < 4.78 is 23.6. The molecule has 262 valence electrons. The maximum absolute atomic E-state index is 12.8. The van der Waals surface area contributed by atoms with Crippen LogP contribution in [0.5, 0.6) is 0 Å². The van der Waals surface area contributed by atoms with E-state index < -0.39 is 29.9 Å². The molecule has 0 radical (unpaired) electrons. The van der Waals surface area contributed by atoms with Crippen molar-refractivity contribution in [2.45, 2.75) is 133 Å². The van der Waals surface area contributed by atoms with Gasteiger partial charge < -0.3 is 40.0 Å². The predicted octanol–water partition coefficient (Wildman–Crippen LogP) is 2.56. The molecule has 13 heteroatoms. The molecule has 4 N–H and O–H groups in total. The number of amides is 3. The number of esters is 1. The molecule has 1 unspecified atom stereocenters. The van der Waals surface area contributed by atoms with Gasteiger partial charge in [-0.15, -0.1) is 0 Å². The van der Waals surface area contributed by atoms with Gasteiger partial charge in [0.15, 0.2) is 0 Å². The third-order valence-corrected chi connectivity index (χ3v) is 10.0. The first-order valence-electron chi connectivity index (χ1n) is 16.6. The minimum absolute atomic E-state index is 0.00968. The van der Waals surface area contributed by atoms with Crippen molar-refractivity contribution in [2.24, 2.45) is 5.92 Å². The first-order valence-corrected chi connectivity index (χ1v) is 18.1. The van der Waals surface area contributed by atoms with Crippen molar-refractivity contribution in [2.75, 3.05) is 11.0 Å². The van der Waals surface area contributed by atoms with Gasteiger partial charge in [-0.05, 0) is 58.4 Å². The van der Waals surface area contributed by atoms with Crippen molar-refractivity contribution in [3.8, 4) is 0 Å². The van der Waals surface area contributed by atoms with E-state index >= 15 is 0 Å². The summed E-state index contributed by atoms with van der Waals surface area (Å²) in [6.45, 7) is 9.51. The fourth-order valence-corrected chi connectivity index (χ4v) is 6.72. The third kappa shape index (κ3) is 11.1. The largest absolute Gasteiger partial charge is 0.459 e. The number of hydrogen-bond donors (Lipinski definition) is 4. The maximum Gasteiger partial charge on any atom is 0.303 e. The van der Waals surface area contributed by atoms with Gasteiger partial charge in [0.1, 0.15) is 23.9 Å². The summed E-state index contributed by atoms with van der Waals surface area (Å²) >= 11 is 2.03. The first-order chi connectivity index (χ1) is 22.3. The van der Waals surface area contributed by atoms with Crippen LogP contribution in [0.15, 0.2) is 36.0 Å². The molecule has 4 fully saturated rings. The Labute approximate surface area is 290 Å². The lowest BCUT2D eigenvalue weighted by molar-refractivity contribution is -0.146. The molecule has 0 aromatic rings. The van der Waals surface area contributed by atoms with Crippen LogP contribution in [-0.2, 0) is 38.1 Å². The number of rotatable bonds is 13. The standard InChI is InChI=1S/C34H50IN3O9/c1-19(6-9-28-20(2)12-27(22(4)46-28)38-30(40)11-8-21(3)45-23(5)39)7-10-29-33(43)34(18-44-34)16-26(47-29)15-31(41)36-24-13-25(14-24)37-32(42)17-35/h6-8,10-11,20-22,24-29,33,43H,9,12-18H2,1-5H3,(H,36,41)(H,37,42)(H,38,40)/b10-7+,11-8-,19-6+/t20-,21-,22+,24?,25?,26+,27+,28-,29+,33+,34?/m0/s1. The zero-order valence-electron chi connectivity index (χ0n) is 27.9. The van der Waals surface area contributed by atoms with Gasteiger partial charge in [0.25, 0.3) is 0 Å². The van der Waals surface area contributed by atoms with Crippen LogP contribution in [0, 0.1) is 5.92 Å². The number of hydrogen-bond acceptors (Lipinski definition) is 9. The summed E-state index contributed by atoms with van der Waals surface area (Å²) in [7, 11) is 0. The Morgan fingerprint density at radius 2 is 1.70 bits per heavy atom. The Bertz CT molecular complexity index is 1230. The summed E-state index contributed by atoms with van der Waals surface area (Å²) in [5.74, 6) is -0.545. The minimum Gasteiger partial charge on any atom is -0.459 e. The monoisotopic (exact) mass is 771 g/mol. The quantitative estimate of drug-likeness (QED) is 0.0551. The highest BCUT2D eigenvalue weighted by Crippen LogP contribution is 2.43. The van der Waals surface area contributed by atoms with E-state index in [1.54, 1.807) is 13.0 Å². The van der Waals surface area contributed by atoms with Crippen molar-refractivity contribution in [1.29, 1.82) is 0 Å². The molecule has 9 atom stereocenters. The number of aliphatic hydroxyl groups excluding tert-OH is 1. The molecule has 4 aliphatic rings. The van der Waals surface area contributed by atoms with E-state index in [1.165, 1.54) is 13.0 Å². The summed E-state index contributed by atoms with van der Waals surface area (Å²) in [5, 5.41) is 20.0. The zero-order chi connectivity index (χ0) is 34.3. The van der Waals surface area contributed by atoms with Crippen LogP contribution < -0.4 is 16.0 Å². The van der Waals surface area contributed by atoms with Crippen LogP contribution >= 0.6 is 22.6 Å². The van der Waals surface area contributed by atoms with Gasteiger partial charge in [0.05, 0.1) is 41.8 Å². The van der Waals surface area contributed by atoms with Crippen LogP contribution in [0.2, 0.25) is 0 Å². The molecule has 3 heterocycles. The Morgan fingerprint density at radius 3 is 2.34 bits per heavy atom. The van der Waals surface area contributed by atoms with Gasteiger partial charge in [0, 0.05) is 31.5 Å². The smallest absolute Gasteiger partial charge is 0.303 e. The maximum atomic E-state index is 12.8. The number of carbonyl (C=O) groups is 4. The second-order valence-corrected chi connectivity index (χ2v) is 14.3. The molecule has 1 spiro atoms. The number of halogens is 1. The molecule has 3 saturated heterocycles. The number of allylic oxidation sites excluding steroid dienone is 2. The molecule has 1 saturated carbocycles. The average molecular weight is 772 g/mol. The summed E-state index contributed by atoms with van der Waals surface area (Å²) in [6, 6.07) is 0.0143. The molecule has 0 bridgehead atoms. The summed E-state index contributed by atoms with van der Waals surface area (Å²) in [5.41, 5.74) is 0.317. The second-order valence-electron chi connectivity index (χ2n) is 13.5. The van der Waals surface area contributed by atoms with E-state index in [9.17, 15) is 24.3 Å². The normalized spacial score (nSPS) is 36.1. The Kier molecular flexibility index (Phi) is 13.4. The van der Waals surface area contributed by atoms with E-state index in [1.807, 2.05) is 48.6 Å². The highest BCUT2D eigenvalue weighted by Gasteiger charge is 2.58. The lowest BCUT2D eigenvalue weighted by atomic mass is 9.85. The van der Waals surface area contributed by atoms with Crippen molar-refractivity contribution in [3.63, 3.8) is 0 Å².